The first-order valence-electron chi connectivity index (χ1n) is 6.54. The van der Waals surface area contributed by atoms with Crippen LogP contribution in [-0.2, 0) is 4.74 Å². The maximum Gasteiger partial charge on any atom is 0.394 e. The summed E-state index contributed by atoms with van der Waals surface area (Å²) in [5.74, 6) is -1.53. The van der Waals surface area contributed by atoms with E-state index in [4.69, 9.17) is 4.74 Å². The van der Waals surface area contributed by atoms with Gasteiger partial charge < -0.3 is 9.84 Å². The Balaban J connectivity index is 2.02. The van der Waals surface area contributed by atoms with Crippen LogP contribution in [0, 0.1) is 18.3 Å². The van der Waals surface area contributed by atoms with Gasteiger partial charge in [0, 0.05) is 6.61 Å². The maximum absolute atomic E-state index is 12.9. The Bertz CT molecular complexity index is 278. The minimum atomic E-state index is -4.22. The Hall–Kier alpha value is -0.290. The Morgan fingerprint density at radius 3 is 2.44 bits per heavy atom. The van der Waals surface area contributed by atoms with E-state index in [0.29, 0.717) is 38.7 Å². The van der Waals surface area contributed by atoms with Crippen molar-refractivity contribution in [3.8, 4) is 0 Å². The van der Waals surface area contributed by atoms with Gasteiger partial charge in [-0.1, -0.05) is 0 Å². The van der Waals surface area contributed by atoms with Crippen molar-refractivity contribution in [2.75, 3.05) is 6.61 Å². The zero-order valence-corrected chi connectivity index (χ0v) is 10.5. The van der Waals surface area contributed by atoms with Crippen LogP contribution < -0.4 is 0 Å². The van der Waals surface area contributed by atoms with E-state index in [-0.39, 0.29) is 5.92 Å². The molecule has 1 N–H and O–H groups in total. The lowest BCUT2D eigenvalue weighted by Crippen LogP contribution is -2.46. The normalized spacial score (nSPS) is 42.8. The van der Waals surface area contributed by atoms with Crippen molar-refractivity contribution in [3.05, 3.63) is 6.42 Å². The summed E-state index contributed by atoms with van der Waals surface area (Å²) in [6, 6.07) is 0. The summed E-state index contributed by atoms with van der Waals surface area (Å²) in [5, 5.41) is 9.85. The molecule has 1 radical (unpaired) electrons. The molecule has 0 spiro atoms. The monoisotopic (exact) mass is 265 g/mol. The largest absolute Gasteiger partial charge is 0.394 e. The van der Waals surface area contributed by atoms with Gasteiger partial charge in [-0.05, 0) is 51.4 Å². The highest BCUT2D eigenvalue weighted by atomic mass is 19.4. The topological polar surface area (TPSA) is 29.5 Å². The van der Waals surface area contributed by atoms with Crippen LogP contribution in [-0.4, -0.2) is 29.6 Å². The van der Waals surface area contributed by atoms with Crippen molar-refractivity contribution in [2.45, 2.75) is 56.9 Å². The van der Waals surface area contributed by atoms with Gasteiger partial charge in [0.25, 0.3) is 0 Å². The highest BCUT2D eigenvalue weighted by molar-refractivity contribution is 4.96. The molecular weight excluding hydrogens is 245 g/mol. The SMILES string of the molecule is CC1(O)CCC([C@@H]2OCC[CH][C@@H]2C(F)(F)F)CC1. The lowest BCUT2D eigenvalue weighted by atomic mass is 9.73. The van der Waals surface area contributed by atoms with Crippen LogP contribution in [0.5, 0.6) is 0 Å². The molecule has 1 aliphatic heterocycles. The minimum absolute atomic E-state index is 0.0894. The molecule has 2 nitrogen and oxygen atoms in total. The second-order valence-corrected chi connectivity index (χ2v) is 5.76. The van der Waals surface area contributed by atoms with E-state index in [9.17, 15) is 18.3 Å². The van der Waals surface area contributed by atoms with Crippen LogP contribution in [0.1, 0.15) is 39.0 Å². The van der Waals surface area contributed by atoms with Crippen molar-refractivity contribution in [1.82, 2.24) is 0 Å². The number of halogens is 3. The summed E-state index contributed by atoms with van der Waals surface area (Å²) in [7, 11) is 0. The number of aliphatic hydroxyl groups is 1. The van der Waals surface area contributed by atoms with Gasteiger partial charge >= 0.3 is 6.18 Å². The molecule has 0 aromatic carbocycles. The van der Waals surface area contributed by atoms with Crippen molar-refractivity contribution < 1.29 is 23.0 Å². The van der Waals surface area contributed by atoms with E-state index in [0.717, 1.165) is 0 Å². The highest BCUT2D eigenvalue weighted by Gasteiger charge is 2.49. The number of alkyl halides is 3. The second kappa shape index (κ2) is 5.00. The molecule has 2 atom stereocenters. The second-order valence-electron chi connectivity index (χ2n) is 5.76. The number of hydrogen-bond acceptors (Lipinski definition) is 2. The third kappa shape index (κ3) is 3.18. The number of ether oxygens (including phenoxy) is 1. The van der Waals surface area contributed by atoms with Gasteiger partial charge in [-0.2, -0.15) is 13.2 Å². The van der Waals surface area contributed by atoms with E-state index in [1.165, 1.54) is 6.42 Å². The molecule has 1 saturated carbocycles. The highest BCUT2D eigenvalue weighted by Crippen LogP contribution is 2.43. The summed E-state index contributed by atoms with van der Waals surface area (Å²) < 4.78 is 44.2. The van der Waals surface area contributed by atoms with Gasteiger partial charge in [0.2, 0.25) is 0 Å². The molecule has 5 heteroatoms. The smallest absolute Gasteiger partial charge is 0.390 e. The number of rotatable bonds is 1. The van der Waals surface area contributed by atoms with E-state index in [1.807, 2.05) is 0 Å². The van der Waals surface area contributed by atoms with E-state index in [2.05, 4.69) is 0 Å². The van der Waals surface area contributed by atoms with Crippen LogP contribution in [0.25, 0.3) is 0 Å². The molecule has 0 unspecified atom stereocenters. The molecule has 2 fully saturated rings. The first-order valence-corrected chi connectivity index (χ1v) is 6.54. The van der Waals surface area contributed by atoms with Gasteiger partial charge in [-0.3, -0.25) is 0 Å². The lowest BCUT2D eigenvalue weighted by Gasteiger charge is -2.42. The van der Waals surface area contributed by atoms with Crippen LogP contribution >= 0.6 is 0 Å². The van der Waals surface area contributed by atoms with E-state index < -0.39 is 23.8 Å². The predicted molar refractivity (Wildman–Crippen MR) is 60.8 cm³/mol. The maximum atomic E-state index is 12.9. The fraction of sp³-hybridized carbons (Fsp3) is 0.923. The van der Waals surface area contributed by atoms with Crippen LogP contribution in [0.15, 0.2) is 0 Å². The molecule has 18 heavy (non-hydrogen) atoms. The van der Waals surface area contributed by atoms with Gasteiger partial charge in [0.05, 0.1) is 17.6 Å². The summed E-state index contributed by atoms with van der Waals surface area (Å²) in [6.45, 7) is 2.13. The minimum Gasteiger partial charge on any atom is -0.390 e. The van der Waals surface area contributed by atoms with Crippen molar-refractivity contribution in [3.63, 3.8) is 0 Å². The molecule has 0 amide bonds. The van der Waals surface area contributed by atoms with Crippen molar-refractivity contribution in [1.29, 1.82) is 0 Å². The van der Waals surface area contributed by atoms with Crippen LogP contribution in [0.2, 0.25) is 0 Å². The fourth-order valence-electron chi connectivity index (χ4n) is 3.03. The summed E-state index contributed by atoms with van der Waals surface area (Å²) in [4.78, 5) is 0. The Morgan fingerprint density at radius 1 is 1.28 bits per heavy atom. The lowest BCUT2D eigenvalue weighted by molar-refractivity contribution is -0.218. The fourth-order valence-corrected chi connectivity index (χ4v) is 3.03. The van der Waals surface area contributed by atoms with Gasteiger partial charge in [0.1, 0.15) is 0 Å². The molecule has 105 valence electrons. The molecule has 1 aliphatic carbocycles. The van der Waals surface area contributed by atoms with Crippen molar-refractivity contribution in [2.24, 2.45) is 11.8 Å². The van der Waals surface area contributed by atoms with Gasteiger partial charge in [-0.25, -0.2) is 0 Å². The third-order valence-corrected chi connectivity index (χ3v) is 4.15. The Kier molecular flexibility index (Phi) is 3.93. The Morgan fingerprint density at radius 2 is 1.89 bits per heavy atom. The van der Waals surface area contributed by atoms with Gasteiger partial charge in [0.15, 0.2) is 0 Å². The summed E-state index contributed by atoms with van der Waals surface area (Å²) in [5.41, 5.74) is -0.720. The zero-order valence-electron chi connectivity index (χ0n) is 10.5. The van der Waals surface area contributed by atoms with Crippen LogP contribution in [0.4, 0.5) is 13.2 Å². The van der Waals surface area contributed by atoms with E-state index >= 15 is 0 Å². The molecular formula is C13H20F3O2. The molecule has 2 aliphatic rings. The quantitative estimate of drug-likeness (QED) is 0.789. The van der Waals surface area contributed by atoms with Crippen molar-refractivity contribution >= 4 is 0 Å². The molecule has 0 aromatic heterocycles. The van der Waals surface area contributed by atoms with Gasteiger partial charge in [-0.15, -0.1) is 0 Å². The average molecular weight is 265 g/mol. The standard InChI is InChI=1S/C13H20F3O2/c1-12(17)6-4-9(5-7-12)11-10(13(14,15)16)3-2-8-18-11/h3,9-11,17H,2,4-8H2,1H3/t9?,10-,11-,12?/m0/s1. The molecule has 1 heterocycles. The summed E-state index contributed by atoms with van der Waals surface area (Å²) >= 11 is 0. The first-order chi connectivity index (χ1) is 8.30. The molecule has 0 bridgehead atoms. The summed E-state index contributed by atoms with van der Waals surface area (Å²) in [6.07, 6.45) is -0.924. The zero-order chi connectivity index (χ0) is 13.4. The van der Waals surface area contributed by atoms with E-state index in [1.54, 1.807) is 6.92 Å². The predicted octanol–water partition coefficient (Wildman–Crippen LogP) is 3.10. The average Bonchev–Trinajstić information content (AvgIpc) is 2.28. The molecule has 1 saturated heterocycles. The van der Waals surface area contributed by atoms with Crippen LogP contribution in [0.3, 0.4) is 0 Å². The third-order valence-electron chi connectivity index (χ3n) is 4.15. The molecule has 0 aromatic rings. The number of hydrogen-bond donors (Lipinski definition) is 1. The first kappa shape index (κ1) is 14.1. The molecule has 2 rings (SSSR count). The Labute approximate surface area is 106 Å².